The lowest BCUT2D eigenvalue weighted by Crippen LogP contribution is -2.32. The van der Waals surface area contributed by atoms with Crippen molar-refractivity contribution in [2.45, 2.75) is 0 Å². The quantitative estimate of drug-likeness (QED) is 0.828. The number of amides is 2. The molecule has 0 saturated heterocycles. The van der Waals surface area contributed by atoms with Gasteiger partial charge in [-0.3, -0.25) is 0 Å². The van der Waals surface area contributed by atoms with Crippen molar-refractivity contribution in [2.75, 3.05) is 18.5 Å². The molecule has 0 aliphatic carbocycles. The molecule has 0 heterocycles. The molecule has 0 aromatic heterocycles. The Balaban J connectivity index is 1.69. The van der Waals surface area contributed by atoms with Crippen LogP contribution in [-0.2, 0) is 0 Å². The van der Waals surface area contributed by atoms with Gasteiger partial charge >= 0.3 is 6.03 Å². The second-order valence-corrected chi connectivity index (χ2v) is 4.43. The van der Waals surface area contributed by atoms with E-state index in [2.05, 4.69) is 10.6 Å². The van der Waals surface area contributed by atoms with E-state index >= 15 is 0 Å². The Hall–Kier alpha value is -2.20. The lowest BCUT2D eigenvalue weighted by molar-refractivity contribution is 0.247. The van der Waals surface area contributed by atoms with Crippen LogP contribution in [0.3, 0.4) is 0 Å². The van der Waals surface area contributed by atoms with Gasteiger partial charge in [-0.25, -0.2) is 4.79 Å². The number of nitrogens with one attached hydrogen (secondary N) is 2. The maximum Gasteiger partial charge on any atom is 0.319 e. The molecule has 2 rings (SSSR count). The van der Waals surface area contributed by atoms with Crippen molar-refractivity contribution in [1.82, 2.24) is 5.32 Å². The fourth-order valence-corrected chi connectivity index (χ4v) is 1.77. The molecule has 104 valence electrons. The van der Waals surface area contributed by atoms with Crippen LogP contribution in [0.5, 0.6) is 5.75 Å². The van der Waals surface area contributed by atoms with Crippen LogP contribution in [-0.4, -0.2) is 19.2 Å². The lowest BCUT2D eigenvalue weighted by atomic mass is 10.3. The SMILES string of the molecule is O=C(NCCOc1ccccc1Cl)Nc1ccccc1. The van der Waals surface area contributed by atoms with Crippen molar-refractivity contribution in [1.29, 1.82) is 0 Å². The Morgan fingerprint density at radius 2 is 1.75 bits per heavy atom. The van der Waals surface area contributed by atoms with Crippen LogP contribution >= 0.6 is 11.6 Å². The minimum atomic E-state index is -0.265. The van der Waals surface area contributed by atoms with E-state index in [0.29, 0.717) is 23.9 Å². The fourth-order valence-electron chi connectivity index (χ4n) is 1.58. The first-order chi connectivity index (χ1) is 9.75. The molecule has 0 unspecified atom stereocenters. The summed E-state index contributed by atoms with van der Waals surface area (Å²) in [6.07, 6.45) is 0. The third-order valence-electron chi connectivity index (χ3n) is 2.51. The van der Waals surface area contributed by atoms with Crippen LogP contribution in [0.25, 0.3) is 0 Å². The van der Waals surface area contributed by atoms with Gasteiger partial charge in [-0.2, -0.15) is 0 Å². The first-order valence-corrected chi connectivity index (χ1v) is 6.61. The van der Waals surface area contributed by atoms with Gasteiger partial charge in [-0.15, -0.1) is 0 Å². The Bertz CT molecular complexity index is 561. The predicted molar refractivity (Wildman–Crippen MR) is 80.4 cm³/mol. The van der Waals surface area contributed by atoms with Crippen LogP contribution in [0.2, 0.25) is 5.02 Å². The normalized spacial score (nSPS) is 9.85. The number of benzene rings is 2. The summed E-state index contributed by atoms with van der Waals surface area (Å²) in [6, 6.07) is 16.2. The van der Waals surface area contributed by atoms with Crippen molar-refractivity contribution in [3.8, 4) is 5.75 Å². The first-order valence-electron chi connectivity index (χ1n) is 6.23. The van der Waals surface area contributed by atoms with E-state index < -0.39 is 0 Å². The maximum absolute atomic E-state index is 11.6. The molecule has 0 aliphatic rings. The van der Waals surface area contributed by atoms with Crippen LogP contribution in [0.1, 0.15) is 0 Å². The molecule has 2 N–H and O–H groups in total. The zero-order valence-corrected chi connectivity index (χ0v) is 11.6. The highest BCUT2D eigenvalue weighted by molar-refractivity contribution is 6.32. The average molecular weight is 291 g/mol. The standard InChI is InChI=1S/C15H15ClN2O2/c16-13-8-4-5-9-14(13)20-11-10-17-15(19)18-12-6-2-1-3-7-12/h1-9H,10-11H2,(H2,17,18,19). The highest BCUT2D eigenvalue weighted by atomic mass is 35.5. The fraction of sp³-hybridized carbons (Fsp3) is 0.133. The van der Waals surface area contributed by atoms with Gasteiger partial charge in [0.1, 0.15) is 12.4 Å². The molecule has 0 radical (unpaired) electrons. The van der Waals surface area contributed by atoms with E-state index in [1.165, 1.54) is 0 Å². The zero-order chi connectivity index (χ0) is 14.2. The van der Waals surface area contributed by atoms with Crippen molar-refractivity contribution in [3.63, 3.8) is 0 Å². The van der Waals surface area contributed by atoms with Gasteiger partial charge in [0.15, 0.2) is 0 Å². The van der Waals surface area contributed by atoms with E-state index in [0.717, 1.165) is 5.69 Å². The number of halogens is 1. The van der Waals surface area contributed by atoms with Gasteiger partial charge < -0.3 is 15.4 Å². The number of para-hydroxylation sites is 2. The summed E-state index contributed by atoms with van der Waals surface area (Å²) in [5, 5.41) is 5.98. The smallest absolute Gasteiger partial charge is 0.319 e. The Morgan fingerprint density at radius 3 is 2.50 bits per heavy atom. The van der Waals surface area contributed by atoms with Gasteiger partial charge in [-0.1, -0.05) is 41.9 Å². The molecule has 20 heavy (non-hydrogen) atoms. The summed E-state index contributed by atoms with van der Waals surface area (Å²) in [7, 11) is 0. The lowest BCUT2D eigenvalue weighted by Gasteiger charge is -2.09. The first kappa shape index (κ1) is 14.2. The minimum absolute atomic E-state index is 0.265. The molecule has 0 aliphatic heterocycles. The molecular weight excluding hydrogens is 276 g/mol. The van der Waals surface area contributed by atoms with E-state index in [4.69, 9.17) is 16.3 Å². The van der Waals surface area contributed by atoms with Gasteiger partial charge in [0.05, 0.1) is 11.6 Å². The molecule has 2 amide bonds. The van der Waals surface area contributed by atoms with Crippen LogP contribution in [0.4, 0.5) is 10.5 Å². The number of anilines is 1. The summed E-state index contributed by atoms with van der Waals surface area (Å²) in [5.41, 5.74) is 0.747. The van der Waals surface area contributed by atoms with Crippen molar-refractivity contribution >= 4 is 23.3 Å². The summed E-state index contributed by atoms with van der Waals surface area (Å²) in [6.45, 7) is 0.746. The summed E-state index contributed by atoms with van der Waals surface area (Å²) in [5.74, 6) is 0.611. The van der Waals surface area contributed by atoms with Crippen molar-refractivity contribution < 1.29 is 9.53 Å². The van der Waals surface area contributed by atoms with Gasteiger partial charge in [0, 0.05) is 5.69 Å². The summed E-state index contributed by atoms with van der Waals surface area (Å²) < 4.78 is 5.46. The topological polar surface area (TPSA) is 50.4 Å². The van der Waals surface area contributed by atoms with E-state index in [1.54, 1.807) is 12.1 Å². The van der Waals surface area contributed by atoms with Crippen molar-refractivity contribution in [3.05, 3.63) is 59.6 Å². The number of hydrogen-bond acceptors (Lipinski definition) is 2. The van der Waals surface area contributed by atoms with Gasteiger partial charge in [0.25, 0.3) is 0 Å². The maximum atomic E-state index is 11.6. The average Bonchev–Trinajstić information content (AvgIpc) is 2.46. The summed E-state index contributed by atoms with van der Waals surface area (Å²) in [4.78, 5) is 11.6. The number of rotatable bonds is 5. The number of hydrogen-bond donors (Lipinski definition) is 2. The Morgan fingerprint density at radius 1 is 1.05 bits per heavy atom. The molecule has 5 heteroatoms. The number of urea groups is 1. The van der Waals surface area contributed by atoms with E-state index in [9.17, 15) is 4.79 Å². The summed E-state index contributed by atoms with van der Waals surface area (Å²) >= 11 is 5.95. The van der Waals surface area contributed by atoms with Crippen LogP contribution in [0, 0.1) is 0 Å². The monoisotopic (exact) mass is 290 g/mol. The van der Waals surface area contributed by atoms with Crippen LogP contribution in [0.15, 0.2) is 54.6 Å². The molecular formula is C15H15ClN2O2. The highest BCUT2D eigenvalue weighted by Gasteiger charge is 2.02. The number of carbonyl (C=O) groups excluding carboxylic acids is 1. The zero-order valence-electron chi connectivity index (χ0n) is 10.8. The molecule has 0 fully saturated rings. The largest absolute Gasteiger partial charge is 0.490 e. The third kappa shape index (κ3) is 4.48. The van der Waals surface area contributed by atoms with Gasteiger partial charge in [-0.05, 0) is 24.3 Å². The molecule has 0 bridgehead atoms. The molecule has 0 spiro atoms. The molecule has 0 saturated carbocycles. The Labute approximate surface area is 122 Å². The second-order valence-electron chi connectivity index (χ2n) is 4.03. The van der Waals surface area contributed by atoms with E-state index in [1.807, 2.05) is 42.5 Å². The molecule has 2 aromatic carbocycles. The van der Waals surface area contributed by atoms with E-state index in [-0.39, 0.29) is 6.03 Å². The second kappa shape index (κ2) is 7.40. The number of ether oxygens (including phenoxy) is 1. The minimum Gasteiger partial charge on any atom is -0.490 e. The molecule has 2 aromatic rings. The predicted octanol–water partition coefficient (Wildman–Crippen LogP) is 3.54. The Kier molecular flexibility index (Phi) is 5.26. The van der Waals surface area contributed by atoms with Crippen LogP contribution < -0.4 is 15.4 Å². The molecule has 0 atom stereocenters. The molecule has 4 nitrogen and oxygen atoms in total. The van der Waals surface area contributed by atoms with Gasteiger partial charge in [0.2, 0.25) is 0 Å². The van der Waals surface area contributed by atoms with Crippen molar-refractivity contribution in [2.24, 2.45) is 0 Å². The highest BCUT2D eigenvalue weighted by Crippen LogP contribution is 2.22. The number of carbonyl (C=O) groups is 1. The third-order valence-corrected chi connectivity index (χ3v) is 2.83.